The molecular weight excluding hydrogens is 561 g/mol. The van der Waals surface area contributed by atoms with Crippen molar-refractivity contribution in [3.05, 3.63) is 82.8 Å². The molecule has 0 saturated carbocycles. The SMILES string of the molecule is C=CCOC(=O)Nc1ccc(-c2cc(=O)c3c(N(Cl)C(C)=O)c(F)c(COC(=O)OCC=C)c(F)c3o2)cc1F. The number of hydrogen-bond acceptors (Lipinski definition) is 8. The monoisotopic (exact) mass is 580 g/mol. The van der Waals surface area contributed by atoms with Crippen molar-refractivity contribution < 1.29 is 46.2 Å². The molecule has 0 radical (unpaired) electrons. The van der Waals surface area contributed by atoms with Crippen LogP contribution >= 0.6 is 11.8 Å². The first-order chi connectivity index (χ1) is 19.0. The van der Waals surface area contributed by atoms with Crippen LogP contribution in [0.4, 0.5) is 34.1 Å². The van der Waals surface area contributed by atoms with Crippen LogP contribution in [0.2, 0.25) is 0 Å². The van der Waals surface area contributed by atoms with Crippen molar-refractivity contribution in [2.45, 2.75) is 13.5 Å². The van der Waals surface area contributed by atoms with E-state index in [1.807, 2.05) is 0 Å². The second kappa shape index (κ2) is 12.8. The van der Waals surface area contributed by atoms with Gasteiger partial charge in [-0.05, 0) is 18.2 Å². The number of amides is 2. The van der Waals surface area contributed by atoms with Crippen LogP contribution in [0.5, 0.6) is 0 Å². The van der Waals surface area contributed by atoms with E-state index in [0.717, 1.165) is 25.1 Å². The molecule has 0 unspecified atom stereocenters. The zero-order chi connectivity index (χ0) is 29.6. The van der Waals surface area contributed by atoms with Gasteiger partial charge in [-0.1, -0.05) is 25.3 Å². The summed E-state index contributed by atoms with van der Waals surface area (Å²) in [7, 11) is 0. The van der Waals surface area contributed by atoms with Crippen molar-refractivity contribution in [3.8, 4) is 11.3 Å². The second-order valence-electron chi connectivity index (χ2n) is 7.78. The molecule has 0 fully saturated rings. The van der Waals surface area contributed by atoms with E-state index in [2.05, 4.69) is 23.2 Å². The van der Waals surface area contributed by atoms with Gasteiger partial charge in [-0.3, -0.25) is 14.9 Å². The number of hydrogen-bond donors (Lipinski definition) is 1. The number of ether oxygens (including phenoxy) is 3. The molecule has 14 heteroatoms. The van der Waals surface area contributed by atoms with Gasteiger partial charge in [0.1, 0.15) is 37.1 Å². The molecule has 1 heterocycles. The van der Waals surface area contributed by atoms with E-state index in [0.29, 0.717) is 0 Å². The van der Waals surface area contributed by atoms with Crippen LogP contribution < -0.4 is 15.2 Å². The zero-order valence-electron chi connectivity index (χ0n) is 20.7. The van der Waals surface area contributed by atoms with Gasteiger partial charge in [0.05, 0.1) is 16.6 Å². The van der Waals surface area contributed by atoms with Crippen molar-refractivity contribution in [1.29, 1.82) is 0 Å². The lowest BCUT2D eigenvalue weighted by Crippen LogP contribution is -2.22. The van der Waals surface area contributed by atoms with E-state index in [-0.39, 0.29) is 34.6 Å². The smallest absolute Gasteiger partial charge is 0.453 e. The Balaban J connectivity index is 2.14. The Kier molecular flexibility index (Phi) is 9.56. The molecule has 0 aliphatic carbocycles. The van der Waals surface area contributed by atoms with Gasteiger partial charge in [-0.15, -0.1) is 0 Å². The minimum atomic E-state index is -1.48. The van der Waals surface area contributed by atoms with Gasteiger partial charge in [0, 0.05) is 30.3 Å². The van der Waals surface area contributed by atoms with Gasteiger partial charge in [0.15, 0.2) is 22.6 Å². The number of carbonyl (C=O) groups excluding carboxylic acids is 3. The van der Waals surface area contributed by atoms with Gasteiger partial charge in [-0.25, -0.2) is 27.2 Å². The maximum absolute atomic E-state index is 15.5. The first-order valence-corrected chi connectivity index (χ1v) is 11.5. The molecular formula is C26H20ClF3N2O8. The maximum atomic E-state index is 15.5. The molecule has 210 valence electrons. The summed E-state index contributed by atoms with van der Waals surface area (Å²) < 4.78 is 65.4. The summed E-state index contributed by atoms with van der Waals surface area (Å²) in [5, 5.41) is 1.42. The van der Waals surface area contributed by atoms with E-state index in [9.17, 15) is 23.6 Å². The Morgan fingerprint density at radius 3 is 2.35 bits per heavy atom. The Morgan fingerprint density at radius 1 is 1.05 bits per heavy atom. The Morgan fingerprint density at radius 2 is 1.73 bits per heavy atom. The first kappa shape index (κ1) is 29.8. The van der Waals surface area contributed by atoms with Crippen LogP contribution in [0.1, 0.15) is 12.5 Å². The number of nitrogens with one attached hydrogen (secondary N) is 1. The van der Waals surface area contributed by atoms with Crippen molar-refractivity contribution in [2.75, 3.05) is 22.9 Å². The fourth-order valence-corrected chi connectivity index (χ4v) is 3.48. The highest BCUT2D eigenvalue weighted by atomic mass is 35.5. The van der Waals surface area contributed by atoms with Crippen LogP contribution in [0.3, 0.4) is 0 Å². The largest absolute Gasteiger partial charge is 0.508 e. The minimum Gasteiger partial charge on any atom is -0.453 e. The molecule has 1 N–H and O–H groups in total. The molecule has 1 aromatic heterocycles. The molecule has 10 nitrogen and oxygen atoms in total. The molecule has 0 saturated heterocycles. The van der Waals surface area contributed by atoms with Gasteiger partial charge in [0.2, 0.25) is 5.91 Å². The molecule has 3 rings (SSSR count). The van der Waals surface area contributed by atoms with Gasteiger partial charge in [-0.2, -0.15) is 0 Å². The Hall–Kier alpha value is -4.78. The fraction of sp³-hybridized carbons (Fsp3) is 0.154. The number of nitrogens with zero attached hydrogens (tertiary/aromatic N) is 1. The lowest BCUT2D eigenvalue weighted by Gasteiger charge is -2.18. The minimum absolute atomic E-state index is 0.0770. The Bertz CT molecular complexity index is 1570. The van der Waals surface area contributed by atoms with E-state index < -0.39 is 69.9 Å². The maximum Gasteiger partial charge on any atom is 0.508 e. The average Bonchev–Trinajstić information content (AvgIpc) is 2.91. The molecule has 2 aromatic carbocycles. The average molecular weight is 581 g/mol. The topological polar surface area (TPSA) is 124 Å². The highest BCUT2D eigenvalue weighted by molar-refractivity contribution is 6.37. The zero-order valence-corrected chi connectivity index (χ0v) is 21.5. The molecule has 0 spiro atoms. The lowest BCUT2D eigenvalue weighted by atomic mass is 10.1. The van der Waals surface area contributed by atoms with Gasteiger partial charge in [0.25, 0.3) is 0 Å². The molecule has 3 aromatic rings. The third-order valence-corrected chi connectivity index (χ3v) is 5.48. The van der Waals surface area contributed by atoms with Crippen molar-refractivity contribution in [1.82, 2.24) is 0 Å². The van der Waals surface area contributed by atoms with Gasteiger partial charge < -0.3 is 18.6 Å². The van der Waals surface area contributed by atoms with Crippen molar-refractivity contribution >= 4 is 52.3 Å². The molecule has 40 heavy (non-hydrogen) atoms. The number of fused-ring (bicyclic) bond motifs is 1. The third kappa shape index (κ3) is 6.43. The number of carbonyl (C=O) groups is 3. The Labute approximate surface area is 229 Å². The van der Waals surface area contributed by atoms with Crippen LogP contribution in [0.15, 0.2) is 58.8 Å². The summed E-state index contributed by atoms with van der Waals surface area (Å²) >= 11 is 5.92. The summed E-state index contributed by atoms with van der Waals surface area (Å²) in [6.07, 6.45) is 0.288. The number of anilines is 2. The highest BCUT2D eigenvalue weighted by Gasteiger charge is 2.29. The van der Waals surface area contributed by atoms with Crippen molar-refractivity contribution in [3.63, 3.8) is 0 Å². The number of rotatable bonds is 9. The summed E-state index contributed by atoms with van der Waals surface area (Å²) in [6.45, 7) is 6.27. The van der Waals surface area contributed by atoms with Gasteiger partial charge >= 0.3 is 12.2 Å². The summed E-state index contributed by atoms with van der Waals surface area (Å²) in [6, 6.07) is 4.04. The highest BCUT2D eigenvalue weighted by Crippen LogP contribution is 2.37. The first-order valence-electron chi connectivity index (χ1n) is 11.2. The predicted octanol–water partition coefficient (Wildman–Crippen LogP) is 5.96. The van der Waals surface area contributed by atoms with E-state index in [1.54, 1.807) is 0 Å². The molecule has 0 bridgehead atoms. The number of benzene rings is 2. The fourth-order valence-electron chi connectivity index (χ4n) is 3.32. The molecule has 0 aliphatic rings. The van der Waals surface area contributed by atoms with Crippen LogP contribution in [-0.4, -0.2) is 31.4 Å². The van der Waals surface area contributed by atoms with Crippen LogP contribution in [-0.2, 0) is 25.6 Å². The normalized spacial score (nSPS) is 10.5. The quantitative estimate of drug-likeness (QED) is 0.187. The van der Waals surface area contributed by atoms with E-state index in [1.165, 1.54) is 18.2 Å². The van der Waals surface area contributed by atoms with Crippen LogP contribution in [0, 0.1) is 17.5 Å². The second-order valence-corrected chi connectivity index (χ2v) is 8.12. The summed E-state index contributed by atoms with van der Waals surface area (Å²) in [4.78, 5) is 48.3. The summed E-state index contributed by atoms with van der Waals surface area (Å²) in [5.74, 6) is -5.20. The molecule has 0 aliphatic heterocycles. The van der Waals surface area contributed by atoms with E-state index in [4.69, 9.17) is 25.7 Å². The van der Waals surface area contributed by atoms with Crippen LogP contribution in [0.25, 0.3) is 22.3 Å². The molecule has 2 amide bonds. The third-order valence-electron chi connectivity index (χ3n) is 5.07. The standard InChI is InChI=1S/C26H20ClF3N2O8/c1-4-8-37-25(35)31-17-7-6-14(10-16(17)28)19-11-18(34)20-23(32(27)13(3)33)21(29)15(22(30)24(20)40-19)12-39-26(36)38-9-5-2/h4-7,10-11H,1-2,8-9,12H2,3H3,(H,31,35). The van der Waals surface area contributed by atoms with E-state index >= 15 is 8.78 Å². The number of halogens is 4. The predicted molar refractivity (Wildman–Crippen MR) is 138 cm³/mol. The molecule has 0 atom stereocenters. The summed E-state index contributed by atoms with van der Waals surface area (Å²) in [5.41, 5.74) is -4.03. The van der Waals surface area contributed by atoms with Crippen molar-refractivity contribution in [2.24, 2.45) is 0 Å². The lowest BCUT2D eigenvalue weighted by molar-refractivity contribution is -0.115.